The predicted molar refractivity (Wildman–Crippen MR) is 61.4 cm³/mol. The molecule has 0 radical (unpaired) electrons. The lowest BCUT2D eigenvalue weighted by molar-refractivity contribution is -0.139. The number of hydrogen-bond acceptors (Lipinski definition) is 1. The predicted octanol–water partition coefficient (Wildman–Crippen LogP) is 3.47. The smallest absolute Gasteiger partial charge is 0.311 e. The van der Waals surface area contributed by atoms with Crippen LogP contribution in [0, 0.1) is 12.8 Å². The van der Waals surface area contributed by atoms with Gasteiger partial charge < -0.3 is 5.11 Å². The van der Waals surface area contributed by atoms with Crippen LogP contribution in [-0.4, -0.2) is 11.1 Å². The number of hydrogen-bond donors (Lipinski definition) is 1. The van der Waals surface area contributed by atoms with E-state index >= 15 is 0 Å². The van der Waals surface area contributed by atoms with Crippen LogP contribution in [-0.2, 0) is 4.79 Å². The second-order valence-corrected chi connectivity index (χ2v) is 4.48. The van der Waals surface area contributed by atoms with Crippen molar-refractivity contribution in [2.24, 2.45) is 5.92 Å². The number of rotatable bonds is 3. The van der Waals surface area contributed by atoms with Crippen LogP contribution in [0.15, 0.2) is 18.2 Å². The van der Waals surface area contributed by atoms with E-state index in [4.69, 9.17) is 16.7 Å². The van der Waals surface area contributed by atoms with Crippen molar-refractivity contribution in [1.29, 1.82) is 0 Å². The number of benzene rings is 1. The fourth-order valence-electron chi connectivity index (χ4n) is 1.67. The van der Waals surface area contributed by atoms with Gasteiger partial charge in [0.05, 0.1) is 5.92 Å². The molecule has 1 N–H and O–H groups in total. The lowest BCUT2D eigenvalue weighted by Gasteiger charge is -2.17. The van der Waals surface area contributed by atoms with E-state index in [2.05, 4.69) is 0 Å². The summed E-state index contributed by atoms with van der Waals surface area (Å²) in [7, 11) is 0. The number of aryl methyl sites for hydroxylation is 1. The van der Waals surface area contributed by atoms with E-state index in [0.29, 0.717) is 5.02 Å². The highest BCUT2D eigenvalue weighted by Crippen LogP contribution is 2.27. The minimum atomic E-state index is -0.785. The van der Waals surface area contributed by atoms with Crippen LogP contribution in [0.4, 0.5) is 0 Å². The highest BCUT2D eigenvalue weighted by Gasteiger charge is 2.23. The molecule has 0 aliphatic heterocycles. The lowest BCUT2D eigenvalue weighted by atomic mass is 9.88. The maximum Gasteiger partial charge on any atom is 0.311 e. The van der Waals surface area contributed by atoms with Gasteiger partial charge in [-0.25, -0.2) is 0 Å². The largest absolute Gasteiger partial charge is 0.481 e. The van der Waals surface area contributed by atoms with Gasteiger partial charge in [-0.2, -0.15) is 0 Å². The summed E-state index contributed by atoms with van der Waals surface area (Å²) in [4.78, 5) is 11.1. The van der Waals surface area contributed by atoms with Gasteiger partial charge in [-0.05, 0) is 30.0 Å². The first kappa shape index (κ1) is 12.1. The van der Waals surface area contributed by atoms with E-state index in [1.54, 1.807) is 12.1 Å². The molecular weight excluding hydrogens is 212 g/mol. The summed E-state index contributed by atoms with van der Waals surface area (Å²) in [5, 5.41) is 9.80. The molecule has 1 atom stereocenters. The molecule has 0 saturated heterocycles. The summed E-state index contributed by atoms with van der Waals surface area (Å²) in [5.74, 6) is -1.17. The average molecular weight is 227 g/mol. The minimum absolute atomic E-state index is 0.0723. The third-order valence-corrected chi connectivity index (χ3v) is 2.90. The van der Waals surface area contributed by atoms with Crippen molar-refractivity contribution in [2.75, 3.05) is 0 Å². The third kappa shape index (κ3) is 2.72. The molecule has 0 amide bonds. The van der Waals surface area contributed by atoms with Crippen LogP contribution in [0.25, 0.3) is 0 Å². The van der Waals surface area contributed by atoms with Gasteiger partial charge in [0.15, 0.2) is 0 Å². The molecule has 0 bridgehead atoms. The van der Waals surface area contributed by atoms with E-state index < -0.39 is 11.9 Å². The Morgan fingerprint density at radius 2 is 2.00 bits per heavy atom. The van der Waals surface area contributed by atoms with Crippen molar-refractivity contribution in [1.82, 2.24) is 0 Å². The molecule has 1 aromatic rings. The topological polar surface area (TPSA) is 37.3 Å². The molecule has 0 saturated carbocycles. The van der Waals surface area contributed by atoms with Crippen molar-refractivity contribution in [2.45, 2.75) is 26.7 Å². The van der Waals surface area contributed by atoms with Gasteiger partial charge in [-0.3, -0.25) is 4.79 Å². The summed E-state index contributed by atoms with van der Waals surface area (Å²) < 4.78 is 0. The van der Waals surface area contributed by atoms with Crippen LogP contribution in [0.3, 0.4) is 0 Å². The third-order valence-electron chi connectivity index (χ3n) is 2.47. The number of carboxylic acid groups (broad SMARTS) is 1. The zero-order valence-electron chi connectivity index (χ0n) is 9.12. The highest BCUT2D eigenvalue weighted by molar-refractivity contribution is 6.31. The molecule has 1 unspecified atom stereocenters. The van der Waals surface area contributed by atoms with Crippen LogP contribution in [0.5, 0.6) is 0 Å². The quantitative estimate of drug-likeness (QED) is 0.857. The molecule has 0 aliphatic carbocycles. The SMILES string of the molecule is Cc1cc(C(C(=O)O)C(C)C)ccc1Cl. The van der Waals surface area contributed by atoms with Gasteiger partial charge in [0.2, 0.25) is 0 Å². The fourth-order valence-corrected chi connectivity index (χ4v) is 1.79. The lowest BCUT2D eigenvalue weighted by Crippen LogP contribution is -2.17. The Morgan fingerprint density at radius 1 is 1.40 bits per heavy atom. The summed E-state index contributed by atoms with van der Waals surface area (Å²) in [6.07, 6.45) is 0. The molecule has 1 rings (SSSR count). The van der Waals surface area contributed by atoms with Crippen molar-refractivity contribution >= 4 is 17.6 Å². The van der Waals surface area contributed by atoms with Crippen LogP contribution >= 0.6 is 11.6 Å². The Balaban J connectivity index is 3.12. The first-order valence-corrected chi connectivity index (χ1v) is 5.30. The average Bonchev–Trinajstić information content (AvgIpc) is 2.10. The molecule has 1 aromatic carbocycles. The summed E-state index contributed by atoms with van der Waals surface area (Å²) >= 11 is 5.90. The zero-order chi connectivity index (χ0) is 11.6. The molecule has 0 fully saturated rings. The number of halogens is 1. The van der Waals surface area contributed by atoms with Crippen molar-refractivity contribution in [3.05, 3.63) is 34.3 Å². The number of aliphatic carboxylic acids is 1. The van der Waals surface area contributed by atoms with Crippen LogP contribution < -0.4 is 0 Å². The molecule has 0 aromatic heterocycles. The van der Waals surface area contributed by atoms with Gasteiger partial charge in [0.1, 0.15) is 0 Å². The Labute approximate surface area is 94.9 Å². The first-order valence-electron chi connectivity index (χ1n) is 4.92. The van der Waals surface area contributed by atoms with Gasteiger partial charge >= 0.3 is 5.97 Å². The zero-order valence-corrected chi connectivity index (χ0v) is 9.88. The molecule has 0 heterocycles. The van der Waals surface area contributed by atoms with E-state index in [-0.39, 0.29) is 5.92 Å². The molecule has 15 heavy (non-hydrogen) atoms. The monoisotopic (exact) mass is 226 g/mol. The summed E-state index contributed by atoms with van der Waals surface area (Å²) in [6.45, 7) is 5.69. The molecule has 2 nitrogen and oxygen atoms in total. The maximum absolute atomic E-state index is 11.1. The van der Waals surface area contributed by atoms with E-state index in [0.717, 1.165) is 11.1 Å². The molecular formula is C12H15ClO2. The normalized spacial score (nSPS) is 12.9. The molecule has 0 aliphatic rings. The standard InChI is InChI=1S/C12H15ClO2/c1-7(2)11(12(14)15)9-4-5-10(13)8(3)6-9/h4-7,11H,1-3H3,(H,14,15). The Bertz CT molecular complexity index is 372. The van der Waals surface area contributed by atoms with E-state index in [1.165, 1.54) is 0 Å². The van der Waals surface area contributed by atoms with Crippen molar-refractivity contribution in [3.63, 3.8) is 0 Å². The van der Waals surface area contributed by atoms with Gasteiger partial charge in [-0.15, -0.1) is 0 Å². The summed E-state index contributed by atoms with van der Waals surface area (Å²) in [5.41, 5.74) is 1.74. The second-order valence-electron chi connectivity index (χ2n) is 4.07. The van der Waals surface area contributed by atoms with E-state index in [1.807, 2.05) is 26.8 Å². The second kappa shape index (κ2) is 4.67. The first-order chi connectivity index (χ1) is 6.93. The molecule has 3 heteroatoms. The van der Waals surface area contributed by atoms with E-state index in [9.17, 15) is 4.79 Å². The van der Waals surface area contributed by atoms with Gasteiger partial charge in [0, 0.05) is 5.02 Å². The Kier molecular flexibility index (Phi) is 3.75. The number of carboxylic acids is 1. The minimum Gasteiger partial charge on any atom is -0.481 e. The molecule has 82 valence electrons. The summed E-state index contributed by atoms with van der Waals surface area (Å²) in [6, 6.07) is 5.39. The Hall–Kier alpha value is -1.02. The van der Waals surface area contributed by atoms with Gasteiger partial charge in [-0.1, -0.05) is 37.6 Å². The van der Waals surface area contributed by atoms with Crippen molar-refractivity contribution < 1.29 is 9.90 Å². The van der Waals surface area contributed by atoms with Crippen LogP contribution in [0.1, 0.15) is 30.9 Å². The van der Waals surface area contributed by atoms with Crippen LogP contribution in [0.2, 0.25) is 5.02 Å². The van der Waals surface area contributed by atoms with Crippen molar-refractivity contribution in [3.8, 4) is 0 Å². The highest BCUT2D eigenvalue weighted by atomic mass is 35.5. The Morgan fingerprint density at radius 3 is 2.40 bits per heavy atom. The van der Waals surface area contributed by atoms with Gasteiger partial charge in [0.25, 0.3) is 0 Å². The molecule has 0 spiro atoms. The number of carbonyl (C=O) groups is 1. The maximum atomic E-state index is 11.1. The fraction of sp³-hybridized carbons (Fsp3) is 0.417.